The van der Waals surface area contributed by atoms with Crippen molar-refractivity contribution in [3.8, 4) is 0 Å². The largest absolute Gasteiger partial charge is 0.374 e. The maximum atomic E-state index is 11.6. The number of rotatable bonds is 3. The molecule has 0 aliphatic heterocycles. The molecule has 0 saturated heterocycles. The first-order chi connectivity index (χ1) is 10.6. The molecule has 22 heavy (non-hydrogen) atoms. The van der Waals surface area contributed by atoms with Crippen LogP contribution in [0.15, 0.2) is 66.9 Å². The molecule has 0 unspecified atom stereocenters. The lowest BCUT2D eigenvalue weighted by molar-refractivity contribution is 0.120. The van der Waals surface area contributed by atoms with E-state index in [9.17, 15) is 5.11 Å². The molecule has 0 spiro atoms. The number of aromatic nitrogens is 2. The molecule has 0 bridgehead atoms. The Kier molecular flexibility index (Phi) is 3.92. The van der Waals surface area contributed by atoms with Crippen molar-refractivity contribution < 1.29 is 5.11 Å². The van der Waals surface area contributed by atoms with Crippen LogP contribution >= 0.6 is 11.6 Å². The minimum atomic E-state index is -1.42. The highest BCUT2D eigenvalue weighted by atomic mass is 35.5. The van der Waals surface area contributed by atoms with Gasteiger partial charge in [-0.2, -0.15) is 0 Å². The maximum Gasteiger partial charge on any atom is 0.158 e. The summed E-state index contributed by atoms with van der Waals surface area (Å²) in [6.45, 7) is 1.77. The van der Waals surface area contributed by atoms with Gasteiger partial charge in [0.15, 0.2) is 5.60 Å². The number of hydrogen-bond donors (Lipinski definition) is 1. The Labute approximate surface area is 134 Å². The van der Waals surface area contributed by atoms with Gasteiger partial charge in [0.2, 0.25) is 0 Å². The van der Waals surface area contributed by atoms with E-state index in [-0.39, 0.29) is 0 Å². The Morgan fingerprint density at radius 1 is 0.909 bits per heavy atom. The summed E-state index contributed by atoms with van der Waals surface area (Å²) in [7, 11) is 0. The van der Waals surface area contributed by atoms with Gasteiger partial charge in [-0.15, -0.1) is 0 Å². The third-order valence-electron chi connectivity index (χ3n) is 3.59. The van der Waals surface area contributed by atoms with Crippen LogP contribution in [0.4, 0.5) is 0 Å². The van der Waals surface area contributed by atoms with Crippen LogP contribution in [0.5, 0.6) is 0 Å². The second-order valence-electron chi connectivity index (χ2n) is 5.06. The Morgan fingerprint density at radius 3 is 1.91 bits per heavy atom. The number of benzene rings is 2. The molecule has 0 radical (unpaired) electrons. The molecule has 2 aromatic carbocycles. The van der Waals surface area contributed by atoms with Crippen molar-refractivity contribution in [2.75, 3.05) is 0 Å². The van der Waals surface area contributed by atoms with Gasteiger partial charge in [0.05, 0.1) is 5.02 Å². The molecule has 0 aliphatic rings. The van der Waals surface area contributed by atoms with Gasteiger partial charge in [0.25, 0.3) is 0 Å². The summed E-state index contributed by atoms with van der Waals surface area (Å²) in [4.78, 5) is 8.49. The van der Waals surface area contributed by atoms with Crippen molar-refractivity contribution in [2.45, 2.75) is 12.5 Å². The van der Waals surface area contributed by atoms with E-state index in [1.54, 1.807) is 6.92 Å². The Morgan fingerprint density at radius 2 is 1.41 bits per heavy atom. The molecule has 0 saturated carbocycles. The smallest absolute Gasteiger partial charge is 0.158 e. The van der Waals surface area contributed by atoms with Crippen LogP contribution in [0.3, 0.4) is 0 Å². The third-order valence-corrected chi connectivity index (χ3v) is 3.87. The predicted octanol–water partition coefficient (Wildman–Crippen LogP) is 3.72. The number of nitrogens with zero attached hydrogens (tertiary/aromatic N) is 2. The highest BCUT2D eigenvalue weighted by molar-refractivity contribution is 6.31. The zero-order chi connectivity index (χ0) is 15.6. The van der Waals surface area contributed by atoms with Crippen molar-refractivity contribution in [1.82, 2.24) is 9.97 Å². The fourth-order valence-electron chi connectivity index (χ4n) is 2.51. The summed E-state index contributed by atoms with van der Waals surface area (Å²) in [5, 5.41) is 11.9. The van der Waals surface area contributed by atoms with Crippen LogP contribution in [0.1, 0.15) is 22.6 Å². The van der Waals surface area contributed by atoms with Crippen LogP contribution in [0.2, 0.25) is 5.02 Å². The van der Waals surface area contributed by atoms with Gasteiger partial charge in [-0.1, -0.05) is 72.3 Å². The summed E-state index contributed by atoms with van der Waals surface area (Å²) < 4.78 is 0. The molecular weight excluding hydrogens is 296 g/mol. The van der Waals surface area contributed by atoms with Gasteiger partial charge < -0.3 is 5.11 Å². The predicted molar refractivity (Wildman–Crippen MR) is 86.8 cm³/mol. The summed E-state index contributed by atoms with van der Waals surface area (Å²) in [6.07, 6.45) is 1.52. The average molecular weight is 311 g/mol. The van der Waals surface area contributed by atoms with Crippen molar-refractivity contribution in [1.29, 1.82) is 0 Å². The van der Waals surface area contributed by atoms with E-state index in [1.165, 1.54) is 6.20 Å². The van der Waals surface area contributed by atoms with Crippen LogP contribution in [0, 0.1) is 6.92 Å². The number of halogens is 1. The second-order valence-corrected chi connectivity index (χ2v) is 5.46. The molecule has 3 aromatic rings. The fourth-order valence-corrected chi connectivity index (χ4v) is 2.74. The van der Waals surface area contributed by atoms with Crippen molar-refractivity contribution in [2.24, 2.45) is 0 Å². The fraction of sp³-hybridized carbons (Fsp3) is 0.111. The van der Waals surface area contributed by atoms with Crippen LogP contribution < -0.4 is 0 Å². The number of aliphatic hydroxyl groups is 1. The summed E-state index contributed by atoms with van der Waals surface area (Å²) in [5.74, 6) is 0.560. The Balaban J connectivity index is 2.31. The molecule has 3 rings (SSSR count). The lowest BCUT2D eigenvalue weighted by atomic mass is 9.83. The van der Waals surface area contributed by atoms with E-state index in [1.807, 2.05) is 60.7 Å². The first kappa shape index (κ1) is 14.7. The molecule has 0 atom stereocenters. The van der Waals surface area contributed by atoms with Gasteiger partial charge in [-0.3, -0.25) is 0 Å². The lowest BCUT2D eigenvalue weighted by Crippen LogP contribution is -2.30. The average Bonchev–Trinajstić information content (AvgIpc) is 2.58. The zero-order valence-corrected chi connectivity index (χ0v) is 12.8. The van der Waals surface area contributed by atoms with E-state index < -0.39 is 5.60 Å². The summed E-state index contributed by atoms with van der Waals surface area (Å²) >= 11 is 6.30. The lowest BCUT2D eigenvalue weighted by Gasteiger charge is -2.29. The molecule has 0 amide bonds. The van der Waals surface area contributed by atoms with Gasteiger partial charge in [0.1, 0.15) is 11.5 Å². The Bertz CT molecular complexity index is 736. The topological polar surface area (TPSA) is 46.0 Å². The van der Waals surface area contributed by atoms with Crippen molar-refractivity contribution in [3.63, 3.8) is 0 Å². The molecule has 0 aliphatic carbocycles. The molecular formula is C18H15ClN2O. The van der Waals surface area contributed by atoms with E-state index in [2.05, 4.69) is 9.97 Å². The zero-order valence-electron chi connectivity index (χ0n) is 12.1. The molecule has 1 heterocycles. The van der Waals surface area contributed by atoms with Crippen LogP contribution in [0.25, 0.3) is 0 Å². The third kappa shape index (κ3) is 2.49. The molecule has 110 valence electrons. The number of hydrogen-bond acceptors (Lipinski definition) is 3. The molecule has 0 fully saturated rings. The monoisotopic (exact) mass is 310 g/mol. The highest BCUT2D eigenvalue weighted by Crippen LogP contribution is 2.38. The quantitative estimate of drug-likeness (QED) is 0.802. The standard InChI is InChI=1S/C18H15ClN2O/c1-13-20-12-16(19)17(21-13)18(22,14-8-4-2-5-9-14)15-10-6-3-7-11-15/h2-12,22H,1H3. The maximum absolute atomic E-state index is 11.6. The van der Waals surface area contributed by atoms with Gasteiger partial charge in [-0.05, 0) is 18.1 Å². The van der Waals surface area contributed by atoms with Crippen LogP contribution in [-0.4, -0.2) is 15.1 Å². The first-order valence-corrected chi connectivity index (χ1v) is 7.33. The SMILES string of the molecule is Cc1ncc(Cl)c(C(O)(c2ccccc2)c2ccccc2)n1. The van der Waals surface area contributed by atoms with Gasteiger partial charge >= 0.3 is 0 Å². The molecule has 4 heteroatoms. The van der Waals surface area contributed by atoms with E-state index in [0.29, 0.717) is 27.7 Å². The van der Waals surface area contributed by atoms with Crippen molar-refractivity contribution >= 4 is 11.6 Å². The van der Waals surface area contributed by atoms with Gasteiger partial charge in [0, 0.05) is 6.20 Å². The minimum Gasteiger partial charge on any atom is -0.374 e. The first-order valence-electron chi connectivity index (χ1n) is 6.95. The molecule has 3 nitrogen and oxygen atoms in total. The minimum absolute atomic E-state index is 0.334. The normalized spacial score (nSPS) is 11.4. The molecule has 1 N–H and O–H groups in total. The van der Waals surface area contributed by atoms with E-state index >= 15 is 0 Å². The van der Waals surface area contributed by atoms with E-state index in [4.69, 9.17) is 11.6 Å². The second kappa shape index (κ2) is 5.87. The summed E-state index contributed by atoms with van der Waals surface area (Å²) in [5.41, 5.74) is 0.384. The Hall–Kier alpha value is -2.23. The highest BCUT2D eigenvalue weighted by Gasteiger charge is 2.37. The summed E-state index contributed by atoms with van der Waals surface area (Å²) in [6, 6.07) is 18.8. The van der Waals surface area contributed by atoms with Crippen molar-refractivity contribution in [3.05, 3.63) is 94.5 Å². The van der Waals surface area contributed by atoms with Gasteiger partial charge in [-0.25, -0.2) is 9.97 Å². The van der Waals surface area contributed by atoms with E-state index in [0.717, 1.165) is 0 Å². The van der Waals surface area contributed by atoms with Crippen LogP contribution in [-0.2, 0) is 5.60 Å². The number of aryl methyl sites for hydroxylation is 1. The molecule has 1 aromatic heterocycles.